The average Bonchev–Trinajstić information content (AvgIpc) is 3.15. The van der Waals surface area contributed by atoms with Gasteiger partial charge >= 0.3 is 6.03 Å². The molecule has 1 aromatic rings. The Morgan fingerprint density at radius 2 is 1.96 bits per heavy atom. The fourth-order valence-electron chi connectivity index (χ4n) is 3.67. The standard InChI is InChI=1S/C19H24N4O5/c1-19(2)27-14-12(10-20)26-17(15(14)28-19)23-9-8-13(22-18(23)25)21-16(24)11-6-4-3-5-7-11/h3-9,12-15,17H,10,20H2,1-2H3,(H,21,24)(H,22,25)/t12-,13?,14?,15+,17-/m1/s1. The molecule has 0 aliphatic carbocycles. The molecule has 5 atom stereocenters. The third-order valence-corrected chi connectivity index (χ3v) is 4.91. The topological polar surface area (TPSA) is 115 Å². The van der Waals surface area contributed by atoms with Gasteiger partial charge in [0.15, 0.2) is 12.0 Å². The summed E-state index contributed by atoms with van der Waals surface area (Å²) < 4.78 is 17.7. The number of fused-ring (bicyclic) bond motifs is 1. The van der Waals surface area contributed by atoms with Gasteiger partial charge in [0, 0.05) is 18.3 Å². The number of nitrogens with two attached hydrogens (primary N) is 1. The summed E-state index contributed by atoms with van der Waals surface area (Å²) in [5.74, 6) is -1.05. The van der Waals surface area contributed by atoms with Crippen molar-refractivity contribution in [2.45, 2.75) is 50.3 Å². The van der Waals surface area contributed by atoms with Crippen molar-refractivity contribution in [1.29, 1.82) is 0 Å². The first kappa shape index (κ1) is 18.9. The lowest BCUT2D eigenvalue weighted by Gasteiger charge is -2.34. The van der Waals surface area contributed by atoms with E-state index >= 15 is 0 Å². The molecule has 3 aliphatic heterocycles. The van der Waals surface area contributed by atoms with Gasteiger partial charge in [0.1, 0.15) is 24.5 Å². The molecule has 9 heteroatoms. The molecule has 0 aromatic heterocycles. The van der Waals surface area contributed by atoms with Crippen LogP contribution in [0.1, 0.15) is 24.2 Å². The van der Waals surface area contributed by atoms with Crippen molar-refractivity contribution in [2.75, 3.05) is 6.54 Å². The van der Waals surface area contributed by atoms with Crippen LogP contribution in [-0.2, 0) is 14.2 Å². The molecular weight excluding hydrogens is 364 g/mol. The summed E-state index contributed by atoms with van der Waals surface area (Å²) in [5.41, 5.74) is 6.30. The van der Waals surface area contributed by atoms with Crippen molar-refractivity contribution >= 4 is 11.9 Å². The molecule has 2 unspecified atom stereocenters. The van der Waals surface area contributed by atoms with E-state index in [1.54, 1.807) is 36.5 Å². The number of benzene rings is 1. The summed E-state index contributed by atoms with van der Waals surface area (Å²) in [4.78, 5) is 26.3. The van der Waals surface area contributed by atoms with Gasteiger partial charge in [-0.05, 0) is 32.1 Å². The maximum Gasteiger partial charge on any atom is 0.325 e. The van der Waals surface area contributed by atoms with Crippen molar-refractivity contribution in [3.63, 3.8) is 0 Å². The highest BCUT2D eigenvalue weighted by Gasteiger charge is 2.57. The van der Waals surface area contributed by atoms with Crippen molar-refractivity contribution < 1.29 is 23.8 Å². The molecule has 3 aliphatic rings. The molecule has 150 valence electrons. The molecule has 1 aromatic carbocycles. The van der Waals surface area contributed by atoms with Gasteiger partial charge in [-0.15, -0.1) is 0 Å². The number of hydrogen-bond donors (Lipinski definition) is 3. The predicted octanol–water partition coefficient (Wildman–Crippen LogP) is 0.485. The summed E-state index contributed by atoms with van der Waals surface area (Å²) in [5, 5.41) is 5.49. The molecule has 4 rings (SSSR count). The molecule has 4 N–H and O–H groups in total. The van der Waals surface area contributed by atoms with Gasteiger partial charge in [0.2, 0.25) is 0 Å². The first-order chi connectivity index (χ1) is 13.4. The summed E-state index contributed by atoms with van der Waals surface area (Å²) >= 11 is 0. The van der Waals surface area contributed by atoms with Gasteiger partial charge in [-0.3, -0.25) is 9.69 Å². The van der Waals surface area contributed by atoms with Gasteiger partial charge in [-0.2, -0.15) is 0 Å². The Labute approximate surface area is 162 Å². The number of urea groups is 1. The van der Waals surface area contributed by atoms with E-state index in [1.165, 1.54) is 4.90 Å². The highest BCUT2D eigenvalue weighted by atomic mass is 16.8. The highest BCUT2D eigenvalue weighted by molar-refractivity contribution is 5.94. The summed E-state index contributed by atoms with van der Waals surface area (Å²) in [6.45, 7) is 3.89. The molecule has 9 nitrogen and oxygen atoms in total. The van der Waals surface area contributed by atoms with E-state index < -0.39 is 30.3 Å². The second-order valence-corrected chi connectivity index (χ2v) is 7.38. The lowest BCUT2D eigenvalue weighted by molar-refractivity contribution is -0.196. The van der Waals surface area contributed by atoms with Gasteiger partial charge < -0.3 is 30.6 Å². The van der Waals surface area contributed by atoms with Gasteiger partial charge in [-0.1, -0.05) is 18.2 Å². The van der Waals surface area contributed by atoms with E-state index in [0.717, 1.165) is 0 Å². The van der Waals surface area contributed by atoms with Crippen LogP contribution in [0.4, 0.5) is 4.79 Å². The lowest BCUT2D eigenvalue weighted by atomic mass is 10.1. The van der Waals surface area contributed by atoms with E-state index in [4.69, 9.17) is 19.9 Å². The zero-order chi connectivity index (χ0) is 19.9. The normalized spacial score (nSPS) is 33.5. The SMILES string of the molecule is CC1(C)OC2[C@@H](CN)O[C@@H](N3C=CC(NC(=O)c4ccccc4)NC3=O)[C@H]2O1. The van der Waals surface area contributed by atoms with E-state index in [2.05, 4.69) is 10.6 Å². The molecule has 2 saturated heterocycles. The van der Waals surface area contributed by atoms with Crippen LogP contribution in [0.15, 0.2) is 42.6 Å². The molecule has 0 spiro atoms. The van der Waals surface area contributed by atoms with Crippen molar-refractivity contribution in [3.05, 3.63) is 48.2 Å². The molecule has 0 radical (unpaired) electrons. The van der Waals surface area contributed by atoms with E-state index in [1.807, 2.05) is 19.9 Å². The van der Waals surface area contributed by atoms with Crippen LogP contribution < -0.4 is 16.4 Å². The molecule has 0 saturated carbocycles. The predicted molar refractivity (Wildman–Crippen MR) is 98.7 cm³/mol. The summed E-state index contributed by atoms with van der Waals surface area (Å²) in [6, 6.07) is 8.38. The maximum absolute atomic E-state index is 12.7. The smallest absolute Gasteiger partial charge is 0.325 e. The molecule has 3 heterocycles. The van der Waals surface area contributed by atoms with Crippen LogP contribution >= 0.6 is 0 Å². The van der Waals surface area contributed by atoms with E-state index in [-0.39, 0.29) is 24.7 Å². The average molecular weight is 388 g/mol. The largest absolute Gasteiger partial charge is 0.348 e. The second kappa shape index (κ2) is 7.17. The van der Waals surface area contributed by atoms with Crippen LogP contribution in [-0.4, -0.2) is 59.9 Å². The van der Waals surface area contributed by atoms with Crippen molar-refractivity contribution in [3.8, 4) is 0 Å². The Balaban J connectivity index is 1.45. The lowest BCUT2D eigenvalue weighted by Crippen LogP contribution is -2.57. The molecule has 2 fully saturated rings. The number of hydrogen-bond acceptors (Lipinski definition) is 6. The first-order valence-electron chi connectivity index (χ1n) is 9.22. The van der Waals surface area contributed by atoms with Gasteiger partial charge in [0.05, 0.1) is 0 Å². The third-order valence-electron chi connectivity index (χ3n) is 4.91. The summed E-state index contributed by atoms with van der Waals surface area (Å²) in [7, 11) is 0. The number of amides is 3. The number of carbonyl (C=O) groups excluding carboxylic acids is 2. The monoisotopic (exact) mass is 388 g/mol. The number of nitrogens with one attached hydrogen (secondary N) is 2. The number of ether oxygens (including phenoxy) is 3. The Bertz CT molecular complexity index is 784. The fourth-order valence-corrected chi connectivity index (χ4v) is 3.67. The molecule has 0 bridgehead atoms. The minimum Gasteiger partial charge on any atom is -0.348 e. The third kappa shape index (κ3) is 3.49. The van der Waals surface area contributed by atoms with Crippen LogP contribution in [0.2, 0.25) is 0 Å². The number of carbonyl (C=O) groups is 2. The highest BCUT2D eigenvalue weighted by Crippen LogP contribution is 2.39. The minimum absolute atomic E-state index is 0.256. The Kier molecular flexibility index (Phi) is 4.84. The Morgan fingerprint density at radius 1 is 1.25 bits per heavy atom. The van der Waals surface area contributed by atoms with E-state index in [9.17, 15) is 9.59 Å². The van der Waals surface area contributed by atoms with Gasteiger partial charge in [-0.25, -0.2) is 4.79 Å². The minimum atomic E-state index is -0.771. The molecule has 28 heavy (non-hydrogen) atoms. The van der Waals surface area contributed by atoms with Crippen LogP contribution in [0.5, 0.6) is 0 Å². The Morgan fingerprint density at radius 3 is 2.64 bits per heavy atom. The van der Waals surface area contributed by atoms with E-state index in [0.29, 0.717) is 5.56 Å². The van der Waals surface area contributed by atoms with Crippen molar-refractivity contribution in [2.24, 2.45) is 5.73 Å². The van der Waals surface area contributed by atoms with Crippen LogP contribution in [0.3, 0.4) is 0 Å². The first-order valence-corrected chi connectivity index (χ1v) is 9.22. The van der Waals surface area contributed by atoms with Crippen molar-refractivity contribution in [1.82, 2.24) is 15.5 Å². The molecular formula is C19H24N4O5. The zero-order valence-corrected chi connectivity index (χ0v) is 15.7. The number of rotatable bonds is 4. The van der Waals surface area contributed by atoms with Crippen LogP contribution in [0.25, 0.3) is 0 Å². The summed E-state index contributed by atoms with van der Waals surface area (Å²) in [6.07, 6.45) is 0.810. The second-order valence-electron chi connectivity index (χ2n) is 7.38. The maximum atomic E-state index is 12.7. The molecule has 3 amide bonds. The Hall–Kier alpha value is -2.46. The quantitative estimate of drug-likeness (QED) is 0.691. The number of nitrogens with zero attached hydrogens (tertiary/aromatic N) is 1. The van der Waals surface area contributed by atoms with Gasteiger partial charge in [0.25, 0.3) is 5.91 Å². The zero-order valence-electron chi connectivity index (χ0n) is 15.7. The van der Waals surface area contributed by atoms with Crippen LogP contribution in [0, 0.1) is 0 Å². The fraction of sp³-hybridized carbons (Fsp3) is 0.474.